The van der Waals surface area contributed by atoms with Crippen molar-refractivity contribution in [3.05, 3.63) is 48.9 Å². The van der Waals surface area contributed by atoms with Gasteiger partial charge in [0.1, 0.15) is 11.6 Å². The molecule has 5 nitrogen and oxygen atoms in total. The van der Waals surface area contributed by atoms with Crippen LogP contribution in [0.2, 0.25) is 0 Å². The van der Waals surface area contributed by atoms with E-state index in [2.05, 4.69) is 15.0 Å². The van der Waals surface area contributed by atoms with Crippen molar-refractivity contribution in [3.8, 4) is 11.6 Å². The summed E-state index contributed by atoms with van der Waals surface area (Å²) in [6, 6.07) is 9.49. The second kappa shape index (κ2) is 4.29. The first-order chi connectivity index (χ1) is 8.83. The van der Waals surface area contributed by atoms with Gasteiger partial charge in [0.05, 0.1) is 17.9 Å². The van der Waals surface area contributed by atoms with E-state index in [0.717, 1.165) is 10.9 Å². The number of nitrogens with two attached hydrogens (primary N) is 1. The first-order valence-electron chi connectivity index (χ1n) is 5.42. The fourth-order valence-corrected chi connectivity index (χ4v) is 1.66. The molecule has 1 aromatic carbocycles. The van der Waals surface area contributed by atoms with E-state index in [4.69, 9.17) is 10.5 Å². The van der Waals surface area contributed by atoms with Crippen LogP contribution < -0.4 is 10.5 Å². The minimum absolute atomic E-state index is 0.363. The Hall–Kier alpha value is -2.69. The topological polar surface area (TPSA) is 73.9 Å². The van der Waals surface area contributed by atoms with E-state index in [9.17, 15) is 0 Å². The number of benzene rings is 1. The maximum Gasteiger partial charge on any atom is 0.238 e. The molecule has 0 radical (unpaired) electrons. The maximum atomic E-state index is 5.68. The van der Waals surface area contributed by atoms with Gasteiger partial charge in [-0.05, 0) is 24.3 Å². The Morgan fingerprint density at radius 3 is 2.72 bits per heavy atom. The molecule has 0 spiro atoms. The molecule has 0 aliphatic rings. The molecule has 2 aromatic heterocycles. The van der Waals surface area contributed by atoms with Crippen LogP contribution in [0.15, 0.2) is 48.9 Å². The Kier molecular flexibility index (Phi) is 2.49. The smallest absolute Gasteiger partial charge is 0.238 e. The molecule has 0 saturated carbocycles. The lowest BCUT2D eigenvalue weighted by molar-refractivity contribution is 0.465. The summed E-state index contributed by atoms with van der Waals surface area (Å²) in [4.78, 5) is 12.2. The van der Waals surface area contributed by atoms with Gasteiger partial charge in [0, 0.05) is 11.6 Å². The summed E-state index contributed by atoms with van der Waals surface area (Å²) in [6.45, 7) is 0. The van der Waals surface area contributed by atoms with Gasteiger partial charge in [0.25, 0.3) is 0 Å². The Morgan fingerprint density at radius 2 is 1.89 bits per heavy atom. The standard InChI is InChI=1S/C13H10N4O/c14-12-7-17-13(8-16-12)18-11-5-1-4-10-9(11)3-2-6-15-10/h1-8H,(H2,14,16). The number of rotatable bonds is 2. The molecule has 2 N–H and O–H groups in total. The highest BCUT2D eigenvalue weighted by Gasteiger charge is 2.04. The normalized spacial score (nSPS) is 10.4. The van der Waals surface area contributed by atoms with Gasteiger partial charge in [-0.3, -0.25) is 4.98 Å². The fraction of sp³-hybridized carbons (Fsp3) is 0. The molecule has 0 aliphatic heterocycles. The number of fused-ring (bicyclic) bond motifs is 1. The molecule has 3 aromatic rings. The number of hydrogen-bond donors (Lipinski definition) is 1. The molecule has 3 rings (SSSR count). The number of aromatic nitrogens is 3. The van der Waals surface area contributed by atoms with Crippen LogP contribution in [0.1, 0.15) is 0 Å². The Labute approximate surface area is 103 Å². The third kappa shape index (κ3) is 1.93. The van der Waals surface area contributed by atoms with Gasteiger partial charge in [-0.1, -0.05) is 6.07 Å². The van der Waals surface area contributed by atoms with Crippen LogP contribution in [0.4, 0.5) is 5.82 Å². The van der Waals surface area contributed by atoms with Gasteiger partial charge >= 0.3 is 0 Å². The van der Waals surface area contributed by atoms with Crippen molar-refractivity contribution in [3.63, 3.8) is 0 Å². The molecule has 5 heteroatoms. The summed E-state index contributed by atoms with van der Waals surface area (Å²) in [5, 5.41) is 0.929. The van der Waals surface area contributed by atoms with Gasteiger partial charge in [-0.2, -0.15) is 0 Å². The second-order valence-electron chi connectivity index (χ2n) is 3.71. The average molecular weight is 238 g/mol. The Bertz CT molecular complexity index is 677. The fourth-order valence-electron chi connectivity index (χ4n) is 1.66. The molecule has 0 fully saturated rings. The Balaban J connectivity index is 2.02. The van der Waals surface area contributed by atoms with E-state index in [1.165, 1.54) is 12.4 Å². The van der Waals surface area contributed by atoms with Crippen molar-refractivity contribution >= 4 is 16.7 Å². The van der Waals surface area contributed by atoms with Crippen LogP contribution in [0, 0.1) is 0 Å². The van der Waals surface area contributed by atoms with Crippen molar-refractivity contribution in [2.75, 3.05) is 5.73 Å². The lowest BCUT2D eigenvalue weighted by atomic mass is 10.2. The average Bonchev–Trinajstić information content (AvgIpc) is 2.42. The summed E-state index contributed by atoms with van der Waals surface area (Å²) in [5.74, 6) is 1.46. The zero-order valence-electron chi connectivity index (χ0n) is 9.45. The molecule has 0 unspecified atom stereocenters. The molecular formula is C13H10N4O. The molecule has 18 heavy (non-hydrogen) atoms. The monoisotopic (exact) mass is 238 g/mol. The van der Waals surface area contributed by atoms with Crippen molar-refractivity contribution in [2.24, 2.45) is 0 Å². The van der Waals surface area contributed by atoms with Crippen LogP contribution in [0.5, 0.6) is 11.6 Å². The zero-order valence-corrected chi connectivity index (χ0v) is 9.45. The van der Waals surface area contributed by atoms with Crippen LogP contribution in [-0.4, -0.2) is 15.0 Å². The molecule has 0 bridgehead atoms. The van der Waals surface area contributed by atoms with Crippen LogP contribution >= 0.6 is 0 Å². The van der Waals surface area contributed by atoms with Crippen molar-refractivity contribution < 1.29 is 4.74 Å². The molecule has 0 atom stereocenters. The van der Waals surface area contributed by atoms with Crippen LogP contribution in [0.25, 0.3) is 10.9 Å². The number of hydrogen-bond acceptors (Lipinski definition) is 5. The molecule has 0 amide bonds. The summed E-state index contributed by atoms with van der Waals surface area (Å²) in [5.41, 5.74) is 6.34. The van der Waals surface area contributed by atoms with Crippen molar-refractivity contribution in [1.29, 1.82) is 0 Å². The van der Waals surface area contributed by atoms with E-state index < -0.39 is 0 Å². The minimum atomic E-state index is 0.363. The number of anilines is 1. The van der Waals surface area contributed by atoms with E-state index in [1.54, 1.807) is 6.20 Å². The highest BCUT2D eigenvalue weighted by molar-refractivity contribution is 5.85. The summed E-state index contributed by atoms with van der Waals surface area (Å²) >= 11 is 0. The summed E-state index contributed by atoms with van der Waals surface area (Å²) < 4.78 is 5.68. The van der Waals surface area contributed by atoms with Crippen LogP contribution in [-0.2, 0) is 0 Å². The maximum absolute atomic E-state index is 5.68. The highest BCUT2D eigenvalue weighted by Crippen LogP contribution is 2.27. The van der Waals surface area contributed by atoms with Gasteiger partial charge in [-0.25, -0.2) is 9.97 Å². The third-order valence-electron chi connectivity index (χ3n) is 2.47. The highest BCUT2D eigenvalue weighted by atomic mass is 16.5. The number of pyridine rings is 1. The summed E-state index contributed by atoms with van der Waals surface area (Å²) in [7, 11) is 0. The Morgan fingerprint density at radius 1 is 0.944 bits per heavy atom. The summed E-state index contributed by atoms with van der Waals surface area (Å²) in [6.07, 6.45) is 4.69. The SMILES string of the molecule is Nc1cnc(Oc2cccc3ncccc23)cn1. The predicted octanol–water partition coefficient (Wildman–Crippen LogP) is 2.40. The quantitative estimate of drug-likeness (QED) is 0.742. The molecule has 0 saturated heterocycles. The number of nitrogen functional groups attached to an aromatic ring is 1. The molecule has 2 heterocycles. The number of nitrogens with zero attached hydrogens (tertiary/aromatic N) is 3. The van der Waals surface area contributed by atoms with E-state index in [0.29, 0.717) is 17.4 Å². The largest absolute Gasteiger partial charge is 0.437 e. The minimum Gasteiger partial charge on any atom is -0.437 e. The van der Waals surface area contributed by atoms with Crippen LogP contribution in [0.3, 0.4) is 0 Å². The second-order valence-corrected chi connectivity index (χ2v) is 3.71. The van der Waals surface area contributed by atoms with Crippen molar-refractivity contribution in [1.82, 2.24) is 15.0 Å². The third-order valence-corrected chi connectivity index (χ3v) is 2.47. The predicted molar refractivity (Wildman–Crippen MR) is 68.3 cm³/mol. The lowest BCUT2D eigenvalue weighted by Crippen LogP contribution is -1.94. The van der Waals surface area contributed by atoms with E-state index in [-0.39, 0.29) is 0 Å². The van der Waals surface area contributed by atoms with Gasteiger partial charge in [-0.15, -0.1) is 0 Å². The van der Waals surface area contributed by atoms with Gasteiger partial charge in [0.15, 0.2) is 0 Å². The van der Waals surface area contributed by atoms with E-state index in [1.807, 2.05) is 30.3 Å². The van der Waals surface area contributed by atoms with E-state index >= 15 is 0 Å². The lowest BCUT2D eigenvalue weighted by Gasteiger charge is -2.07. The molecular weight excluding hydrogens is 228 g/mol. The molecule has 88 valence electrons. The zero-order chi connectivity index (χ0) is 12.4. The molecule has 0 aliphatic carbocycles. The van der Waals surface area contributed by atoms with Gasteiger partial charge in [0.2, 0.25) is 5.88 Å². The first-order valence-corrected chi connectivity index (χ1v) is 5.42. The first kappa shape index (κ1) is 10.5. The number of ether oxygens (including phenoxy) is 1. The van der Waals surface area contributed by atoms with Gasteiger partial charge < -0.3 is 10.5 Å². The van der Waals surface area contributed by atoms with Crippen molar-refractivity contribution in [2.45, 2.75) is 0 Å².